The minimum absolute atomic E-state index is 0.216. The highest BCUT2D eigenvalue weighted by molar-refractivity contribution is 5.82. The van der Waals surface area contributed by atoms with Gasteiger partial charge in [0.1, 0.15) is 11.3 Å². The number of benzene rings is 3. The van der Waals surface area contributed by atoms with Crippen molar-refractivity contribution in [3.63, 3.8) is 0 Å². The maximum absolute atomic E-state index is 14.2. The first-order chi connectivity index (χ1) is 11.6. The number of hydrogen-bond donors (Lipinski definition) is 2. The first-order valence-electron chi connectivity index (χ1n) is 7.38. The molecule has 0 aliphatic rings. The van der Waals surface area contributed by atoms with E-state index in [1.54, 1.807) is 24.4 Å². The Morgan fingerprint density at radius 1 is 0.792 bits per heavy atom. The van der Waals surface area contributed by atoms with Crippen LogP contribution in [-0.4, -0.2) is 20.0 Å². The van der Waals surface area contributed by atoms with Crippen LogP contribution in [-0.2, 0) is 0 Å². The Morgan fingerprint density at radius 3 is 2.08 bits per heavy atom. The quantitative estimate of drug-likeness (QED) is 0.581. The van der Waals surface area contributed by atoms with Crippen LogP contribution in [0.15, 0.2) is 66.9 Å². The summed E-state index contributed by atoms with van der Waals surface area (Å²) in [5, 5.41) is 23.8. The number of rotatable bonds is 2. The van der Waals surface area contributed by atoms with E-state index in [1.807, 2.05) is 36.4 Å². The normalized spacial score (nSPS) is 11.0. The van der Waals surface area contributed by atoms with E-state index in [2.05, 4.69) is 5.10 Å². The SMILES string of the molecule is Oc1ccc(-c2ccc(-n3ncc4ccc(O)c(F)c43)cc2)cc1. The molecular formula is C19H13FN2O2. The molecule has 0 atom stereocenters. The average molecular weight is 320 g/mol. The molecule has 4 rings (SSSR count). The molecule has 0 saturated carbocycles. The van der Waals surface area contributed by atoms with Gasteiger partial charge in [-0.15, -0.1) is 0 Å². The van der Waals surface area contributed by atoms with Crippen molar-refractivity contribution in [1.29, 1.82) is 0 Å². The van der Waals surface area contributed by atoms with Crippen molar-refractivity contribution in [2.75, 3.05) is 0 Å². The predicted octanol–water partition coefficient (Wildman–Crippen LogP) is 4.24. The van der Waals surface area contributed by atoms with Crippen LogP contribution in [0, 0.1) is 5.82 Å². The molecule has 1 aromatic heterocycles. The number of hydrogen-bond acceptors (Lipinski definition) is 3. The number of aromatic nitrogens is 2. The van der Waals surface area contributed by atoms with Crippen LogP contribution < -0.4 is 0 Å². The molecule has 0 aliphatic carbocycles. The Labute approximate surface area is 137 Å². The lowest BCUT2D eigenvalue weighted by Gasteiger charge is -2.07. The molecule has 0 saturated heterocycles. The van der Waals surface area contributed by atoms with Gasteiger partial charge in [0.2, 0.25) is 0 Å². The molecule has 0 unspecified atom stereocenters. The summed E-state index contributed by atoms with van der Waals surface area (Å²) in [6.45, 7) is 0. The molecular weight excluding hydrogens is 307 g/mol. The summed E-state index contributed by atoms with van der Waals surface area (Å²) in [6, 6.07) is 17.3. The van der Waals surface area contributed by atoms with Gasteiger partial charge in [0.15, 0.2) is 11.6 Å². The van der Waals surface area contributed by atoms with E-state index >= 15 is 0 Å². The van der Waals surface area contributed by atoms with Gasteiger partial charge in [-0.3, -0.25) is 0 Å². The van der Waals surface area contributed by atoms with Crippen molar-refractivity contribution in [3.8, 4) is 28.3 Å². The van der Waals surface area contributed by atoms with Gasteiger partial charge in [0.25, 0.3) is 0 Å². The highest BCUT2D eigenvalue weighted by atomic mass is 19.1. The molecule has 0 aliphatic heterocycles. The van der Waals surface area contributed by atoms with E-state index in [1.165, 1.54) is 10.7 Å². The zero-order valence-electron chi connectivity index (χ0n) is 12.5. The summed E-state index contributed by atoms with van der Waals surface area (Å²) in [5.41, 5.74) is 2.87. The number of phenols is 2. The second-order valence-corrected chi connectivity index (χ2v) is 5.49. The number of aromatic hydroxyl groups is 2. The molecule has 0 fully saturated rings. The molecule has 5 heteroatoms. The van der Waals surface area contributed by atoms with E-state index in [0.29, 0.717) is 11.1 Å². The third-order valence-electron chi connectivity index (χ3n) is 3.96. The maximum atomic E-state index is 14.2. The zero-order valence-corrected chi connectivity index (χ0v) is 12.5. The predicted molar refractivity (Wildman–Crippen MR) is 89.8 cm³/mol. The Morgan fingerprint density at radius 2 is 1.42 bits per heavy atom. The van der Waals surface area contributed by atoms with Crippen molar-refractivity contribution in [2.45, 2.75) is 0 Å². The fourth-order valence-corrected chi connectivity index (χ4v) is 2.71. The van der Waals surface area contributed by atoms with Gasteiger partial charge in [0, 0.05) is 5.39 Å². The van der Waals surface area contributed by atoms with Crippen LogP contribution in [0.3, 0.4) is 0 Å². The van der Waals surface area contributed by atoms with Crippen LogP contribution in [0.1, 0.15) is 0 Å². The van der Waals surface area contributed by atoms with Crippen molar-refractivity contribution in [3.05, 3.63) is 72.7 Å². The second-order valence-electron chi connectivity index (χ2n) is 5.49. The summed E-state index contributed by atoms with van der Waals surface area (Å²) in [7, 11) is 0. The number of phenolic OH excluding ortho intramolecular Hbond substituents is 2. The monoisotopic (exact) mass is 320 g/mol. The second kappa shape index (κ2) is 5.38. The lowest BCUT2D eigenvalue weighted by atomic mass is 10.1. The third-order valence-corrected chi connectivity index (χ3v) is 3.96. The maximum Gasteiger partial charge on any atom is 0.191 e. The van der Waals surface area contributed by atoms with Crippen LogP contribution in [0.5, 0.6) is 11.5 Å². The molecule has 0 radical (unpaired) electrons. The molecule has 4 aromatic rings. The van der Waals surface area contributed by atoms with Crippen molar-refractivity contribution >= 4 is 10.9 Å². The molecule has 118 valence electrons. The van der Waals surface area contributed by atoms with E-state index in [-0.39, 0.29) is 11.3 Å². The molecule has 3 aromatic carbocycles. The van der Waals surface area contributed by atoms with Gasteiger partial charge in [-0.1, -0.05) is 24.3 Å². The Hall–Kier alpha value is -3.34. The van der Waals surface area contributed by atoms with Gasteiger partial charge in [0.05, 0.1) is 11.9 Å². The highest BCUT2D eigenvalue weighted by Gasteiger charge is 2.13. The molecule has 2 N–H and O–H groups in total. The Bertz CT molecular complexity index is 1020. The first-order valence-corrected chi connectivity index (χ1v) is 7.38. The summed E-state index contributed by atoms with van der Waals surface area (Å²) >= 11 is 0. The van der Waals surface area contributed by atoms with Crippen molar-refractivity contribution in [1.82, 2.24) is 9.78 Å². The summed E-state index contributed by atoms with van der Waals surface area (Å²) in [6.07, 6.45) is 1.56. The first kappa shape index (κ1) is 14.3. The standard InChI is InChI=1S/C19H13FN2O2/c20-18-17(24)10-5-14-11-21-22(19(14)18)15-6-1-12(2-7-15)13-3-8-16(23)9-4-13/h1-11,23-24H. The largest absolute Gasteiger partial charge is 0.508 e. The smallest absolute Gasteiger partial charge is 0.191 e. The Kier molecular flexibility index (Phi) is 3.20. The average Bonchev–Trinajstić information content (AvgIpc) is 3.04. The van der Waals surface area contributed by atoms with Crippen molar-refractivity contribution in [2.24, 2.45) is 0 Å². The number of nitrogens with zero attached hydrogens (tertiary/aromatic N) is 2. The summed E-state index contributed by atoms with van der Waals surface area (Å²) in [5.74, 6) is -0.869. The molecule has 0 amide bonds. The topological polar surface area (TPSA) is 58.3 Å². The van der Waals surface area contributed by atoms with Crippen LogP contribution in [0.2, 0.25) is 0 Å². The third kappa shape index (κ3) is 2.27. The van der Waals surface area contributed by atoms with Gasteiger partial charge in [-0.25, -0.2) is 9.07 Å². The fourth-order valence-electron chi connectivity index (χ4n) is 2.71. The van der Waals surface area contributed by atoms with Gasteiger partial charge < -0.3 is 10.2 Å². The summed E-state index contributed by atoms with van der Waals surface area (Å²) < 4.78 is 15.7. The van der Waals surface area contributed by atoms with E-state index < -0.39 is 11.6 Å². The zero-order chi connectivity index (χ0) is 16.7. The summed E-state index contributed by atoms with van der Waals surface area (Å²) in [4.78, 5) is 0. The fraction of sp³-hybridized carbons (Fsp3) is 0. The molecule has 0 spiro atoms. The van der Waals surface area contributed by atoms with Crippen molar-refractivity contribution < 1.29 is 14.6 Å². The molecule has 1 heterocycles. The lowest BCUT2D eigenvalue weighted by Crippen LogP contribution is -1.97. The molecule has 24 heavy (non-hydrogen) atoms. The van der Waals surface area contributed by atoms with E-state index in [9.17, 15) is 14.6 Å². The highest BCUT2D eigenvalue weighted by Crippen LogP contribution is 2.28. The van der Waals surface area contributed by atoms with Gasteiger partial charge in [-0.05, 0) is 47.5 Å². The van der Waals surface area contributed by atoms with Gasteiger partial charge in [-0.2, -0.15) is 5.10 Å². The molecule has 4 nitrogen and oxygen atoms in total. The van der Waals surface area contributed by atoms with E-state index in [4.69, 9.17) is 0 Å². The minimum Gasteiger partial charge on any atom is -0.508 e. The number of fused-ring (bicyclic) bond motifs is 1. The Balaban J connectivity index is 1.78. The number of halogens is 1. The minimum atomic E-state index is -0.687. The van der Waals surface area contributed by atoms with Crippen LogP contribution in [0.4, 0.5) is 4.39 Å². The molecule has 0 bridgehead atoms. The lowest BCUT2D eigenvalue weighted by molar-refractivity contribution is 0.435. The van der Waals surface area contributed by atoms with Crippen LogP contribution >= 0.6 is 0 Å². The van der Waals surface area contributed by atoms with E-state index in [0.717, 1.165) is 11.1 Å². The van der Waals surface area contributed by atoms with Crippen LogP contribution in [0.25, 0.3) is 27.7 Å². The van der Waals surface area contributed by atoms with Gasteiger partial charge >= 0.3 is 0 Å².